The maximum absolute atomic E-state index is 6.32. The van der Waals surface area contributed by atoms with Gasteiger partial charge in [-0.05, 0) is 37.3 Å². The van der Waals surface area contributed by atoms with Gasteiger partial charge in [-0.1, -0.05) is 30.5 Å². The Hall–Kier alpha value is -0.890. The SMILES string of the molecule is Clc1cccc2c1NCC1CC3CCCCC3N21. The van der Waals surface area contributed by atoms with Crippen molar-refractivity contribution in [3.63, 3.8) is 0 Å². The highest BCUT2D eigenvalue weighted by molar-refractivity contribution is 6.34. The molecule has 2 heterocycles. The van der Waals surface area contributed by atoms with E-state index in [1.165, 1.54) is 37.8 Å². The van der Waals surface area contributed by atoms with Crippen LogP contribution in [-0.2, 0) is 0 Å². The molecule has 1 saturated carbocycles. The Kier molecular flexibility index (Phi) is 2.47. The lowest BCUT2D eigenvalue weighted by atomic mass is 9.85. The summed E-state index contributed by atoms with van der Waals surface area (Å²) in [6.45, 7) is 1.06. The van der Waals surface area contributed by atoms with E-state index < -0.39 is 0 Å². The number of rotatable bonds is 0. The summed E-state index contributed by atoms with van der Waals surface area (Å²) in [5.41, 5.74) is 2.50. The maximum Gasteiger partial charge on any atom is 0.0768 e. The Balaban J connectivity index is 1.77. The molecule has 1 saturated heterocycles. The molecule has 18 heavy (non-hydrogen) atoms. The van der Waals surface area contributed by atoms with E-state index in [0.717, 1.165) is 29.2 Å². The number of para-hydroxylation sites is 1. The van der Waals surface area contributed by atoms with E-state index in [0.29, 0.717) is 6.04 Å². The Bertz CT molecular complexity index is 474. The molecule has 2 nitrogen and oxygen atoms in total. The molecule has 3 aliphatic rings. The molecule has 2 fully saturated rings. The summed E-state index contributed by atoms with van der Waals surface area (Å²) in [7, 11) is 0. The third-order valence-electron chi connectivity index (χ3n) is 4.98. The van der Waals surface area contributed by atoms with Crippen LogP contribution in [0.2, 0.25) is 5.02 Å². The zero-order chi connectivity index (χ0) is 12.1. The second-order valence-electron chi connectivity index (χ2n) is 5.92. The lowest BCUT2D eigenvalue weighted by Gasteiger charge is -2.40. The molecule has 2 aliphatic heterocycles. The van der Waals surface area contributed by atoms with Crippen molar-refractivity contribution in [3.8, 4) is 0 Å². The Labute approximate surface area is 113 Å². The smallest absolute Gasteiger partial charge is 0.0768 e. The van der Waals surface area contributed by atoms with Crippen LogP contribution >= 0.6 is 11.6 Å². The first-order valence-electron chi connectivity index (χ1n) is 7.15. The van der Waals surface area contributed by atoms with Crippen molar-refractivity contribution < 1.29 is 0 Å². The first kappa shape index (κ1) is 11.0. The summed E-state index contributed by atoms with van der Waals surface area (Å²) in [4.78, 5) is 2.68. The van der Waals surface area contributed by atoms with Crippen LogP contribution in [0.5, 0.6) is 0 Å². The number of fused-ring (bicyclic) bond motifs is 5. The van der Waals surface area contributed by atoms with E-state index in [1.807, 2.05) is 6.07 Å². The number of halogens is 1. The van der Waals surface area contributed by atoms with Crippen molar-refractivity contribution in [2.75, 3.05) is 16.8 Å². The molecular formula is C15H19ClN2. The second-order valence-corrected chi connectivity index (χ2v) is 6.33. The van der Waals surface area contributed by atoms with Gasteiger partial charge in [0.15, 0.2) is 0 Å². The molecule has 1 aromatic rings. The van der Waals surface area contributed by atoms with Crippen LogP contribution in [0.25, 0.3) is 0 Å². The highest BCUT2D eigenvalue weighted by atomic mass is 35.5. The summed E-state index contributed by atoms with van der Waals surface area (Å²) >= 11 is 6.32. The van der Waals surface area contributed by atoms with Crippen molar-refractivity contribution in [3.05, 3.63) is 23.2 Å². The third kappa shape index (κ3) is 1.48. The minimum atomic E-state index is 0.684. The minimum Gasteiger partial charge on any atom is -0.380 e. The van der Waals surface area contributed by atoms with Crippen molar-refractivity contribution in [2.45, 2.75) is 44.2 Å². The molecule has 4 rings (SSSR count). The van der Waals surface area contributed by atoms with Gasteiger partial charge in [0, 0.05) is 18.6 Å². The molecule has 0 amide bonds. The van der Waals surface area contributed by atoms with Gasteiger partial charge in [0.2, 0.25) is 0 Å². The van der Waals surface area contributed by atoms with Crippen LogP contribution in [0.1, 0.15) is 32.1 Å². The average Bonchev–Trinajstić information content (AvgIpc) is 2.77. The molecule has 3 unspecified atom stereocenters. The van der Waals surface area contributed by atoms with Crippen LogP contribution in [0.3, 0.4) is 0 Å². The van der Waals surface area contributed by atoms with E-state index in [4.69, 9.17) is 11.6 Å². The van der Waals surface area contributed by atoms with Crippen LogP contribution in [0, 0.1) is 5.92 Å². The van der Waals surface area contributed by atoms with Crippen LogP contribution in [0.4, 0.5) is 11.4 Å². The summed E-state index contributed by atoms with van der Waals surface area (Å²) in [5.74, 6) is 0.912. The molecule has 0 radical (unpaired) electrons. The van der Waals surface area contributed by atoms with Crippen molar-refractivity contribution in [2.24, 2.45) is 5.92 Å². The zero-order valence-corrected chi connectivity index (χ0v) is 11.3. The Morgan fingerprint density at radius 2 is 2.11 bits per heavy atom. The highest BCUT2D eigenvalue weighted by Gasteiger charge is 2.44. The first-order chi connectivity index (χ1) is 8.84. The topological polar surface area (TPSA) is 15.3 Å². The number of hydrogen-bond acceptors (Lipinski definition) is 2. The first-order valence-corrected chi connectivity index (χ1v) is 7.53. The van der Waals surface area contributed by atoms with Crippen LogP contribution in [0.15, 0.2) is 18.2 Å². The molecule has 96 valence electrons. The molecule has 0 spiro atoms. The summed E-state index contributed by atoms with van der Waals surface area (Å²) in [5, 5.41) is 4.40. The molecule has 1 N–H and O–H groups in total. The van der Waals surface area contributed by atoms with E-state index in [1.54, 1.807) is 0 Å². The van der Waals surface area contributed by atoms with Gasteiger partial charge in [-0.25, -0.2) is 0 Å². The number of hydrogen-bond donors (Lipinski definition) is 1. The number of nitrogens with zero attached hydrogens (tertiary/aromatic N) is 1. The minimum absolute atomic E-state index is 0.684. The summed E-state index contributed by atoms with van der Waals surface area (Å²) in [6.07, 6.45) is 6.98. The fourth-order valence-electron chi connectivity index (χ4n) is 4.24. The standard InChI is InChI=1S/C15H19ClN2/c16-12-5-3-7-14-15(12)17-9-11-8-10-4-1-2-6-13(10)18(11)14/h3,5,7,10-11,13,17H,1-2,4,6,8-9H2. The monoisotopic (exact) mass is 262 g/mol. The summed E-state index contributed by atoms with van der Waals surface area (Å²) in [6, 6.07) is 7.76. The fourth-order valence-corrected chi connectivity index (χ4v) is 4.48. The van der Waals surface area contributed by atoms with Gasteiger partial charge < -0.3 is 10.2 Å². The van der Waals surface area contributed by atoms with Gasteiger partial charge in [0.1, 0.15) is 0 Å². The quantitative estimate of drug-likeness (QED) is 0.763. The van der Waals surface area contributed by atoms with Crippen LogP contribution in [-0.4, -0.2) is 18.6 Å². The average molecular weight is 263 g/mol. The normalized spacial score (nSPS) is 33.4. The van der Waals surface area contributed by atoms with Crippen molar-refractivity contribution >= 4 is 23.0 Å². The molecule has 0 aromatic heterocycles. The van der Waals surface area contributed by atoms with Gasteiger partial charge >= 0.3 is 0 Å². The lowest BCUT2D eigenvalue weighted by molar-refractivity contribution is 0.342. The number of nitrogens with one attached hydrogen (secondary N) is 1. The van der Waals surface area contributed by atoms with Crippen LogP contribution < -0.4 is 10.2 Å². The third-order valence-corrected chi connectivity index (χ3v) is 5.29. The largest absolute Gasteiger partial charge is 0.380 e. The van der Waals surface area contributed by atoms with Gasteiger partial charge in [-0.2, -0.15) is 0 Å². The van der Waals surface area contributed by atoms with E-state index in [9.17, 15) is 0 Å². The van der Waals surface area contributed by atoms with E-state index >= 15 is 0 Å². The van der Waals surface area contributed by atoms with Gasteiger partial charge in [-0.3, -0.25) is 0 Å². The molecule has 1 aromatic carbocycles. The predicted octanol–water partition coefficient (Wildman–Crippen LogP) is 3.90. The molecule has 3 atom stereocenters. The molecule has 3 heteroatoms. The van der Waals surface area contributed by atoms with Gasteiger partial charge in [-0.15, -0.1) is 0 Å². The van der Waals surface area contributed by atoms with Gasteiger partial charge in [0.25, 0.3) is 0 Å². The van der Waals surface area contributed by atoms with Gasteiger partial charge in [0.05, 0.1) is 16.4 Å². The summed E-state index contributed by atoms with van der Waals surface area (Å²) < 4.78 is 0. The van der Waals surface area contributed by atoms with E-state index in [2.05, 4.69) is 22.3 Å². The fraction of sp³-hybridized carbons (Fsp3) is 0.600. The highest BCUT2D eigenvalue weighted by Crippen LogP contribution is 2.47. The Morgan fingerprint density at radius 3 is 3.06 bits per heavy atom. The van der Waals surface area contributed by atoms with Crippen molar-refractivity contribution in [1.82, 2.24) is 0 Å². The predicted molar refractivity (Wildman–Crippen MR) is 76.6 cm³/mol. The lowest BCUT2D eigenvalue weighted by Crippen LogP contribution is -2.44. The zero-order valence-electron chi connectivity index (χ0n) is 10.5. The Morgan fingerprint density at radius 1 is 1.22 bits per heavy atom. The number of benzene rings is 1. The molecule has 1 aliphatic carbocycles. The molecule has 0 bridgehead atoms. The maximum atomic E-state index is 6.32. The molecular weight excluding hydrogens is 244 g/mol. The van der Waals surface area contributed by atoms with E-state index in [-0.39, 0.29) is 0 Å². The second kappa shape index (κ2) is 4.06. The number of anilines is 2. The van der Waals surface area contributed by atoms with Crippen molar-refractivity contribution in [1.29, 1.82) is 0 Å².